The second-order valence-corrected chi connectivity index (χ2v) is 5.16. The summed E-state index contributed by atoms with van der Waals surface area (Å²) in [5, 5.41) is 9.79. The Bertz CT molecular complexity index is 423. The first-order chi connectivity index (χ1) is 8.43. The van der Waals surface area contributed by atoms with Crippen molar-refractivity contribution >= 4 is 27.6 Å². The number of rotatable bonds is 5. The molecule has 0 fully saturated rings. The number of hydrogen-bond acceptors (Lipinski definition) is 4. The number of aliphatic hydroxyl groups excluding tert-OH is 1. The number of methoxy groups -OCH3 is 1. The topological polar surface area (TPSA) is 49.8 Å². The van der Waals surface area contributed by atoms with Crippen LogP contribution in [0.25, 0.3) is 0 Å². The highest BCUT2D eigenvalue weighted by Gasteiger charge is 2.14. The second-order valence-electron chi connectivity index (χ2n) is 4.25. The number of benzene rings is 1. The van der Waals surface area contributed by atoms with Gasteiger partial charge in [0, 0.05) is 23.8 Å². The summed E-state index contributed by atoms with van der Waals surface area (Å²) in [5.41, 5.74) is 2.14. The lowest BCUT2D eigenvalue weighted by Gasteiger charge is -2.24. The largest absolute Gasteiger partial charge is 0.469 e. The van der Waals surface area contributed by atoms with Crippen LogP contribution in [0.4, 0.5) is 5.69 Å². The summed E-state index contributed by atoms with van der Waals surface area (Å²) < 4.78 is 5.51. The summed E-state index contributed by atoms with van der Waals surface area (Å²) in [5.74, 6) is -0.401. The van der Waals surface area contributed by atoms with Crippen LogP contribution in [0, 0.1) is 6.92 Å². The smallest absolute Gasteiger partial charge is 0.308 e. The van der Waals surface area contributed by atoms with E-state index in [4.69, 9.17) is 0 Å². The molecule has 0 aromatic heterocycles. The third-order valence-corrected chi connectivity index (χ3v) is 3.19. The SMILES string of the molecule is COC(=O)CC(O)CN(C)c1cc(Br)ccc1C. The molecule has 0 amide bonds. The van der Waals surface area contributed by atoms with Crippen molar-refractivity contribution in [3.63, 3.8) is 0 Å². The number of carbonyl (C=O) groups excluding carboxylic acids is 1. The molecule has 5 heteroatoms. The van der Waals surface area contributed by atoms with Crippen molar-refractivity contribution in [2.45, 2.75) is 19.4 Å². The number of carbonyl (C=O) groups is 1. The van der Waals surface area contributed by atoms with Gasteiger partial charge in [-0.15, -0.1) is 0 Å². The first kappa shape index (κ1) is 15.0. The molecular formula is C13H18BrNO3. The molecule has 1 unspecified atom stereocenters. The van der Waals surface area contributed by atoms with Gasteiger partial charge in [-0.2, -0.15) is 0 Å². The summed E-state index contributed by atoms with van der Waals surface area (Å²) in [7, 11) is 3.20. The van der Waals surface area contributed by atoms with E-state index in [0.717, 1.165) is 15.7 Å². The Balaban J connectivity index is 2.67. The molecule has 4 nitrogen and oxygen atoms in total. The van der Waals surface area contributed by atoms with Crippen LogP contribution >= 0.6 is 15.9 Å². The third kappa shape index (κ3) is 4.31. The van der Waals surface area contributed by atoms with Gasteiger partial charge in [0.1, 0.15) is 0 Å². The monoisotopic (exact) mass is 315 g/mol. The van der Waals surface area contributed by atoms with Crippen LogP contribution in [0.15, 0.2) is 22.7 Å². The van der Waals surface area contributed by atoms with Crippen LogP contribution in [-0.4, -0.2) is 37.9 Å². The highest BCUT2D eigenvalue weighted by Crippen LogP contribution is 2.23. The van der Waals surface area contributed by atoms with Gasteiger partial charge in [0.25, 0.3) is 0 Å². The number of esters is 1. The fourth-order valence-corrected chi connectivity index (χ4v) is 2.10. The van der Waals surface area contributed by atoms with Crippen molar-refractivity contribution in [2.24, 2.45) is 0 Å². The Morgan fingerprint density at radius 2 is 2.22 bits per heavy atom. The van der Waals surface area contributed by atoms with Crippen molar-refractivity contribution in [1.82, 2.24) is 0 Å². The Morgan fingerprint density at radius 3 is 2.83 bits per heavy atom. The van der Waals surface area contributed by atoms with Crippen molar-refractivity contribution in [2.75, 3.05) is 25.6 Å². The minimum Gasteiger partial charge on any atom is -0.469 e. The maximum absolute atomic E-state index is 11.1. The van der Waals surface area contributed by atoms with Crippen LogP contribution < -0.4 is 4.90 Å². The fraction of sp³-hybridized carbons (Fsp3) is 0.462. The van der Waals surface area contributed by atoms with Gasteiger partial charge < -0.3 is 14.7 Å². The first-order valence-corrected chi connectivity index (χ1v) is 6.45. The van der Waals surface area contributed by atoms with Crippen molar-refractivity contribution in [3.05, 3.63) is 28.2 Å². The summed E-state index contributed by atoms with van der Waals surface area (Å²) in [6.07, 6.45) is -0.728. The lowest BCUT2D eigenvalue weighted by atomic mass is 10.1. The predicted molar refractivity (Wildman–Crippen MR) is 74.8 cm³/mol. The molecule has 0 saturated heterocycles. The molecule has 18 heavy (non-hydrogen) atoms. The highest BCUT2D eigenvalue weighted by atomic mass is 79.9. The second kappa shape index (κ2) is 6.75. The van der Waals surface area contributed by atoms with E-state index in [1.165, 1.54) is 7.11 Å². The zero-order valence-electron chi connectivity index (χ0n) is 10.8. The molecule has 0 aliphatic heterocycles. The minimum atomic E-state index is -0.735. The quantitative estimate of drug-likeness (QED) is 0.846. The van der Waals surface area contributed by atoms with Gasteiger partial charge in [0.05, 0.1) is 19.6 Å². The number of anilines is 1. The van der Waals surface area contributed by atoms with Crippen LogP contribution in [0.3, 0.4) is 0 Å². The number of halogens is 1. The van der Waals surface area contributed by atoms with Crippen LogP contribution in [0.5, 0.6) is 0 Å². The molecule has 0 heterocycles. The van der Waals surface area contributed by atoms with Gasteiger partial charge in [-0.1, -0.05) is 22.0 Å². The number of likely N-dealkylation sites (N-methyl/N-ethyl adjacent to an activating group) is 1. The van der Waals surface area contributed by atoms with Gasteiger partial charge >= 0.3 is 5.97 Å². The average Bonchev–Trinajstić information content (AvgIpc) is 2.31. The molecule has 1 N–H and O–H groups in total. The number of aliphatic hydroxyl groups is 1. The molecule has 0 radical (unpaired) electrons. The number of ether oxygens (including phenoxy) is 1. The maximum Gasteiger partial charge on any atom is 0.308 e. The molecule has 1 aromatic rings. The summed E-state index contributed by atoms with van der Waals surface area (Å²) in [6, 6.07) is 5.96. The van der Waals surface area contributed by atoms with Crippen molar-refractivity contribution in [3.8, 4) is 0 Å². The van der Waals surface area contributed by atoms with Gasteiger partial charge in [0.15, 0.2) is 0 Å². The molecule has 1 rings (SSSR count). The van der Waals surface area contributed by atoms with E-state index in [1.807, 2.05) is 37.1 Å². The van der Waals surface area contributed by atoms with Crippen molar-refractivity contribution in [1.29, 1.82) is 0 Å². The summed E-state index contributed by atoms with van der Waals surface area (Å²) in [6.45, 7) is 2.39. The minimum absolute atomic E-state index is 0.00783. The van der Waals surface area contributed by atoms with E-state index in [2.05, 4.69) is 20.7 Å². The molecule has 0 bridgehead atoms. The lowest BCUT2D eigenvalue weighted by molar-refractivity contribution is -0.142. The zero-order valence-corrected chi connectivity index (χ0v) is 12.4. The van der Waals surface area contributed by atoms with Crippen molar-refractivity contribution < 1.29 is 14.6 Å². The standard InChI is InChI=1S/C13H18BrNO3/c1-9-4-5-10(14)6-12(9)15(2)8-11(16)7-13(17)18-3/h4-6,11,16H,7-8H2,1-3H3. The normalized spacial score (nSPS) is 12.1. The number of hydrogen-bond donors (Lipinski definition) is 1. The number of aryl methyl sites for hydroxylation is 1. The van der Waals surface area contributed by atoms with Crippen LogP contribution in [0.2, 0.25) is 0 Å². The molecule has 1 atom stereocenters. The van der Waals surface area contributed by atoms with E-state index in [1.54, 1.807) is 0 Å². The van der Waals surface area contributed by atoms with E-state index in [-0.39, 0.29) is 6.42 Å². The van der Waals surface area contributed by atoms with Gasteiger partial charge in [-0.3, -0.25) is 4.79 Å². The Labute approximate surface area is 116 Å². The zero-order chi connectivity index (χ0) is 13.7. The first-order valence-electron chi connectivity index (χ1n) is 5.66. The summed E-state index contributed by atoms with van der Waals surface area (Å²) >= 11 is 3.42. The van der Waals surface area contributed by atoms with Gasteiger partial charge in [0.2, 0.25) is 0 Å². The highest BCUT2D eigenvalue weighted by molar-refractivity contribution is 9.10. The molecule has 1 aromatic carbocycles. The van der Waals surface area contributed by atoms with E-state index >= 15 is 0 Å². The molecule has 0 spiro atoms. The molecule has 0 saturated carbocycles. The Morgan fingerprint density at radius 1 is 1.56 bits per heavy atom. The number of nitrogens with zero attached hydrogens (tertiary/aromatic N) is 1. The Hall–Kier alpha value is -1.07. The maximum atomic E-state index is 11.1. The lowest BCUT2D eigenvalue weighted by Crippen LogP contribution is -2.31. The molecule has 100 valence electrons. The predicted octanol–water partition coefficient (Wildman–Crippen LogP) is 2.12. The van der Waals surface area contributed by atoms with Crippen LogP contribution in [0.1, 0.15) is 12.0 Å². The summed E-state index contributed by atoms with van der Waals surface area (Å²) in [4.78, 5) is 13.0. The van der Waals surface area contributed by atoms with E-state index in [9.17, 15) is 9.90 Å². The molecular weight excluding hydrogens is 298 g/mol. The average molecular weight is 316 g/mol. The van der Waals surface area contributed by atoms with E-state index in [0.29, 0.717) is 6.54 Å². The Kier molecular flexibility index (Phi) is 5.62. The van der Waals surface area contributed by atoms with Gasteiger partial charge in [-0.25, -0.2) is 0 Å². The molecule has 0 aliphatic rings. The van der Waals surface area contributed by atoms with E-state index < -0.39 is 12.1 Å². The van der Waals surface area contributed by atoms with Gasteiger partial charge in [-0.05, 0) is 24.6 Å². The molecule has 0 aliphatic carbocycles. The fourth-order valence-electron chi connectivity index (χ4n) is 1.75. The third-order valence-electron chi connectivity index (χ3n) is 2.70. The van der Waals surface area contributed by atoms with Crippen LogP contribution in [-0.2, 0) is 9.53 Å².